The minimum atomic E-state index is -4.00. The zero-order valence-corrected chi connectivity index (χ0v) is 21.8. The van der Waals surface area contributed by atoms with E-state index in [0.29, 0.717) is 22.8 Å². The van der Waals surface area contributed by atoms with Gasteiger partial charge < -0.3 is 10.1 Å². The lowest BCUT2D eigenvalue weighted by atomic mass is 10.1. The van der Waals surface area contributed by atoms with Crippen LogP contribution in [0.2, 0.25) is 5.02 Å². The minimum Gasteiger partial charge on any atom is -0.379 e. The summed E-state index contributed by atoms with van der Waals surface area (Å²) in [5, 5.41) is 3.30. The van der Waals surface area contributed by atoms with Crippen LogP contribution in [0.25, 0.3) is 0 Å². The Morgan fingerprint density at radius 2 is 1.69 bits per heavy atom. The second-order valence-corrected chi connectivity index (χ2v) is 11.0. The number of nitrogens with zero attached hydrogens (tertiary/aromatic N) is 2. The van der Waals surface area contributed by atoms with Crippen LogP contribution >= 0.6 is 11.6 Å². The van der Waals surface area contributed by atoms with Gasteiger partial charge in [0.15, 0.2) is 0 Å². The quantitative estimate of drug-likeness (QED) is 0.455. The molecule has 0 radical (unpaired) electrons. The van der Waals surface area contributed by atoms with E-state index in [1.807, 2.05) is 12.1 Å². The van der Waals surface area contributed by atoms with Gasteiger partial charge in [0.2, 0.25) is 5.91 Å². The fourth-order valence-electron chi connectivity index (χ4n) is 4.13. The van der Waals surface area contributed by atoms with Crippen molar-refractivity contribution in [3.05, 3.63) is 94.5 Å². The topological polar surface area (TPSA) is 79.0 Å². The van der Waals surface area contributed by atoms with E-state index in [0.717, 1.165) is 48.3 Å². The van der Waals surface area contributed by atoms with Gasteiger partial charge in [0.1, 0.15) is 6.54 Å². The highest BCUT2D eigenvalue weighted by atomic mass is 35.5. The summed E-state index contributed by atoms with van der Waals surface area (Å²) in [5.74, 6) is -0.410. The van der Waals surface area contributed by atoms with Crippen molar-refractivity contribution in [3.8, 4) is 0 Å². The fraction of sp³-hybridized carbons (Fsp3) is 0.296. The third-order valence-corrected chi connectivity index (χ3v) is 8.30. The van der Waals surface area contributed by atoms with Gasteiger partial charge >= 0.3 is 0 Å². The van der Waals surface area contributed by atoms with E-state index in [4.69, 9.17) is 16.3 Å². The first-order valence-corrected chi connectivity index (χ1v) is 13.6. The minimum absolute atomic E-state index is 0.105. The number of rotatable bonds is 9. The molecule has 0 bridgehead atoms. The Balaban J connectivity index is 1.49. The summed E-state index contributed by atoms with van der Waals surface area (Å²) in [5.41, 5.74) is 3.06. The van der Waals surface area contributed by atoms with Crippen LogP contribution in [0.4, 0.5) is 5.69 Å². The van der Waals surface area contributed by atoms with E-state index in [1.165, 1.54) is 12.1 Å². The maximum Gasteiger partial charge on any atom is 0.264 e. The lowest BCUT2D eigenvalue weighted by molar-refractivity contribution is -0.119. The number of benzene rings is 3. The molecule has 36 heavy (non-hydrogen) atoms. The monoisotopic (exact) mass is 527 g/mol. The molecule has 7 nitrogen and oxygen atoms in total. The third kappa shape index (κ3) is 6.44. The Morgan fingerprint density at radius 1 is 1.00 bits per heavy atom. The van der Waals surface area contributed by atoms with Gasteiger partial charge in [0.05, 0.1) is 23.8 Å². The normalized spacial score (nSPS) is 14.4. The van der Waals surface area contributed by atoms with Crippen molar-refractivity contribution >= 4 is 33.2 Å². The molecule has 0 saturated carbocycles. The summed E-state index contributed by atoms with van der Waals surface area (Å²) in [7, 11) is -4.00. The number of hydrogen-bond acceptors (Lipinski definition) is 5. The maximum atomic E-state index is 13.5. The molecule has 3 aromatic rings. The van der Waals surface area contributed by atoms with Gasteiger partial charge in [-0.2, -0.15) is 0 Å². The predicted octanol–water partition coefficient (Wildman–Crippen LogP) is 3.99. The van der Waals surface area contributed by atoms with Gasteiger partial charge in [-0.05, 0) is 47.9 Å². The first kappa shape index (κ1) is 26.2. The van der Waals surface area contributed by atoms with Crippen LogP contribution in [0.3, 0.4) is 0 Å². The van der Waals surface area contributed by atoms with E-state index >= 15 is 0 Å². The summed E-state index contributed by atoms with van der Waals surface area (Å²) in [6.45, 7) is 5.76. The summed E-state index contributed by atoms with van der Waals surface area (Å²) in [4.78, 5) is 15.4. The van der Waals surface area contributed by atoms with Crippen molar-refractivity contribution in [2.45, 2.75) is 24.9 Å². The van der Waals surface area contributed by atoms with Crippen molar-refractivity contribution in [1.82, 2.24) is 10.2 Å². The van der Waals surface area contributed by atoms with Gasteiger partial charge in [-0.15, -0.1) is 0 Å². The smallest absolute Gasteiger partial charge is 0.264 e. The van der Waals surface area contributed by atoms with E-state index in [1.54, 1.807) is 43.3 Å². The number of sulfonamides is 1. The lowest BCUT2D eigenvalue weighted by Gasteiger charge is -2.27. The molecule has 1 amide bonds. The number of ether oxygens (including phenoxy) is 1. The number of anilines is 1. The molecule has 1 aliphatic rings. The van der Waals surface area contributed by atoms with Crippen LogP contribution in [-0.2, 0) is 32.6 Å². The number of carbonyl (C=O) groups is 1. The number of amides is 1. The summed E-state index contributed by atoms with van der Waals surface area (Å²) < 4.78 is 33.6. The van der Waals surface area contributed by atoms with Gasteiger partial charge in [-0.25, -0.2) is 8.42 Å². The predicted molar refractivity (Wildman–Crippen MR) is 142 cm³/mol. The van der Waals surface area contributed by atoms with Crippen molar-refractivity contribution in [2.75, 3.05) is 37.2 Å². The number of hydrogen-bond donors (Lipinski definition) is 1. The summed E-state index contributed by atoms with van der Waals surface area (Å²) >= 11 is 6.28. The van der Waals surface area contributed by atoms with Crippen LogP contribution < -0.4 is 9.62 Å². The SMILES string of the molecule is Cc1c(Cl)cccc1N(CC(=O)NCc1cccc(CN2CCOCC2)c1)S(=O)(=O)c1ccccc1. The average Bonchev–Trinajstić information content (AvgIpc) is 2.89. The lowest BCUT2D eigenvalue weighted by Crippen LogP contribution is -2.41. The molecule has 1 heterocycles. The Hall–Kier alpha value is -2.91. The fourth-order valence-corrected chi connectivity index (χ4v) is 5.80. The second kappa shape index (κ2) is 11.9. The van der Waals surface area contributed by atoms with Crippen molar-refractivity contribution < 1.29 is 17.9 Å². The summed E-state index contributed by atoms with van der Waals surface area (Å²) in [6.07, 6.45) is 0. The highest BCUT2D eigenvalue weighted by Gasteiger charge is 2.28. The zero-order chi connectivity index (χ0) is 25.5. The molecular formula is C27H30ClN3O4S. The van der Waals surface area contributed by atoms with Crippen LogP contribution in [0, 0.1) is 6.92 Å². The highest BCUT2D eigenvalue weighted by Crippen LogP contribution is 2.30. The molecule has 0 aromatic heterocycles. The van der Waals surface area contributed by atoms with E-state index in [-0.39, 0.29) is 11.4 Å². The molecule has 1 saturated heterocycles. The molecule has 1 N–H and O–H groups in total. The summed E-state index contributed by atoms with van der Waals surface area (Å²) in [6, 6.07) is 21.2. The number of nitrogens with one attached hydrogen (secondary N) is 1. The van der Waals surface area contributed by atoms with E-state index < -0.39 is 15.9 Å². The highest BCUT2D eigenvalue weighted by molar-refractivity contribution is 7.92. The third-order valence-electron chi connectivity index (χ3n) is 6.12. The van der Waals surface area contributed by atoms with Crippen molar-refractivity contribution in [2.24, 2.45) is 0 Å². The molecule has 9 heteroatoms. The molecule has 4 rings (SSSR count). The molecule has 0 atom stereocenters. The Kier molecular flexibility index (Phi) is 8.64. The van der Waals surface area contributed by atoms with Crippen molar-refractivity contribution in [1.29, 1.82) is 0 Å². The number of carbonyl (C=O) groups excluding carboxylic acids is 1. The largest absolute Gasteiger partial charge is 0.379 e. The van der Waals surface area contributed by atoms with E-state index in [2.05, 4.69) is 22.3 Å². The van der Waals surface area contributed by atoms with Crippen LogP contribution in [-0.4, -0.2) is 52.1 Å². The molecular weight excluding hydrogens is 498 g/mol. The molecule has 0 spiro atoms. The Morgan fingerprint density at radius 3 is 2.44 bits per heavy atom. The van der Waals surface area contributed by atoms with E-state index in [9.17, 15) is 13.2 Å². The van der Waals surface area contributed by atoms with Gasteiger partial charge in [0, 0.05) is 31.2 Å². The van der Waals surface area contributed by atoms with Gasteiger partial charge in [0.25, 0.3) is 10.0 Å². The van der Waals surface area contributed by atoms with Crippen LogP contribution in [0.5, 0.6) is 0 Å². The average molecular weight is 528 g/mol. The molecule has 1 aliphatic heterocycles. The zero-order valence-electron chi connectivity index (χ0n) is 20.2. The first-order chi connectivity index (χ1) is 17.3. The Bertz CT molecular complexity index is 1300. The van der Waals surface area contributed by atoms with Crippen LogP contribution in [0.15, 0.2) is 77.7 Å². The van der Waals surface area contributed by atoms with Crippen LogP contribution in [0.1, 0.15) is 16.7 Å². The first-order valence-electron chi connectivity index (χ1n) is 11.8. The number of morpholine rings is 1. The molecule has 3 aromatic carbocycles. The molecule has 190 valence electrons. The number of halogens is 1. The standard InChI is InChI=1S/C27H30ClN3O4S/c1-21-25(28)11-6-12-26(21)31(36(33,34)24-9-3-2-4-10-24)20-27(32)29-18-22-7-5-8-23(17-22)19-30-13-15-35-16-14-30/h2-12,17H,13-16,18-20H2,1H3,(H,29,32). The maximum absolute atomic E-state index is 13.5. The molecule has 1 fully saturated rings. The second-order valence-electron chi connectivity index (χ2n) is 8.69. The van der Waals surface area contributed by atoms with Crippen molar-refractivity contribution in [3.63, 3.8) is 0 Å². The molecule has 0 unspecified atom stereocenters. The van der Waals surface area contributed by atoms with Gasteiger partial charge in [-0.1, -0.05) is 60.1 Å². The molecule has 0 aliphatic carbocycles. The van der Waals surface area contributed by atoms with Gasteiger partial charge in [-0.3, -0.25) is 14.0 Å². The Labute approximate surface area is 217 Å².